The van der Waals surface area contributed by atoms with E-state index in [0.29, 0.717) is 5.57 Å². The molecule has 0 unspecified atom stereocenters. The van der Waals surface area contributed by atoms with Crippen LogP contribution in [0.1, 0.15) is 12.5 Å². The highest BCUT2D eigenvalue weighted by atomic mass is 16.2. The average Bonchev–Trinajstić information content (AvgIpc) is 2.75. The highest BCUT2D eigenvalue weighted by Crippen LogP contribution is 2.33. The van der Waals surface area contributed by atoms with Gasteiger partial charge >= 0.3 is 0 Å². The standard InChI is InChI=1S/C16H14N2O/c1-11(17-12-7-3-2-4-8-12)15-13-9-5-6-10-14(13)18-16(15)19/h2-10,17H,1H3,(H,18,19)/b15-11-. The molecule has 2 aromatic rings. The van der Waals surface area contributed by atoms with Gasteiger partial charge in [0.2, 0.25) is 0 Å². The van der Waals surface area contributed by atoms with Crippen molar-refractivity contribution in [1.82, 2.24) is 0 Å². The Bertz CT molecular complexity index is 659. The summed E-state index contributed by atoms with van der Waals surface area (Å²) in [7, 11) is 0. The van der Waals surface area contributed by atoms with Gasteiger partial charge in [-0.25, -0.2) is 0 Å². The highest BCUT2D eigenvalue weighted by Gasteiger charge is 2.25. The van der Waals surface area contributed by atoms with Gasteiger partial charge in [0.1, 0.15) is 0 Å². The molecular formula is C16H14N2O. The van der Waals surface area contributed by atoms with Crippen molar-refractivity contribution >= 4 is 22.9 Å². The Morgan fingerprint density at radius 2 is 1.68 bits per heavy atom. The number of amides is 1. The molecule has 1 heterocycles. The van der Waals surface area contributed by atoms with Crippen molar-refractivity contribution in [2.24, 2.45) is 0 Å². The molecule has 19 heavy (non-hydrogen) atoms. The van der Waals surface area contributed by atoms with Gasteiger partial charge in [0, 0.05) is 22.6 Å². The number of allylic oxidation sites excluding steroid dienone is 1. The van der Waals surface area contributed by atoms with Crippen molar-refractivity contribution in [2.75, 3.05) is 10.6 Å². The molecule has 2 aromatic carbocycles. The maximum Gasteiger partial charge on any atom is 0.258 e. The minimum absolute atomic E-state index is 0.0536. The summed E-state index contributed by atoms with van der Waals surface area (Å²) in [5.41, 5.74) is 4.36. The van der Waals surface area contributed by atoms with E-state index in [2.05, 4.69) is 10.6 Å². The number of carbonyl (C=O) groups is 1. The number of hydrogen-bond donors (Lipinski definition) is 2. The van der Waals surface area contributed by atoms with Crippen molar-refractivity contribution in [1.29, 1.82) is 0 Å². The lowest BCUT2D eigenvalue weighted by Crippen LogP contribution is -2.08. The summed E-state index contributed by atoms with van der Waals surface area (Å²) in [4.78, 5) is 12.1. The third-order valence-corrected chi connectivity index (χ3v) is 3.15. The normalized spacial score (nSPS) is 15.7. The van der Waals surface area contributed by atoms with Gasteiger partial charge in [0.25, 0.3) is 5.91 Å². The van der Waals surface area contributed by atoms with Crippen LogP contribution >= 0.6 is 0 Å². The van der Waals surface area contributed by atoms with E-state index < -0.39 is 0 Å². The molecule has 0 bridgehead atoms. The third kappa shape index (κ3) is 2.10. The fourth-order valence-corrected chi connectivity index (χ4v) is 2.29. The first-order chi connectivity index (χ1) is 9.25. The van der Waals surface area contributed by atoms with E-state index in [1.165, 1.54) is 0 Å². The number of fused-ring (bicyclic) bond motifs is 1. The Kier molecular flexibility index (Phi) is 2.80. The molecule has 2 N–H and O–H groups in total. The zero-order chi connectivity index (χ0) is 13.2. The molecule has 0 radical (unpaired) electrons. The molecule has 0 aromatic heterocycles. The number of nitrogens with one attached hydrogen (secondary N) is 2. The molecule has 3 heteroatoms. The van der Waals surface area contributed by atoms with Gasteiger partial charge in [0.15, 0.2) is 0 Å². The summed E-state index contributed by atoms with van der Waals surface area (Å²) in [6.07, 6.45) is 0. The number of anilines is 2. The number of benzene rings is 2. The van der Waals surface area contributed by atoms with Crippen LogP contribution in [-0.4, -0.2) is 5.91 Å². The second kappa shape index (κ2) is 4.61. The Balaban J connectivity index is 2.00. The van der Waals surface area contributed by atoms with Crippen molar-refractivity contribution < 1.29 is 4.79 Å². The molecule has 0 spiro atoms. The van der Waals surface area contributed by atoms with Crippen molar-refractivity contribution in [3.8, 4) is 0 Å². The van der Waals surface area contributed by atoms with Crippen LogP contribution in [0.5, 0.6) is 0 Å². The Morgan fingerprint density at radius 1 is 1.00 bits per heavy atom. The first kappa shape index (κ1) is 11.5. The lowest BCUT2D eigenvalue weighted by Gasteiger charge is -2.09. The highest BCUT2D eigenvalue weighted by molar-refractivity contribution is 6.32. The van der Waals surface area contributed by atoms with Crippen LogP contribution < -0.4 is 10.6 Å². The lowest BCUT2D eigenvalue weighted by molar-refractivity contribution is -0.110. The van der Waals surface area contributed by atoms with Gasteiger partial charge in [-0.15, -0.1) is 0 Å². The van der Waals surface area contributed by atoms with Gasteiger partial charge < -0.3 is 10.6 Å². The molecule has 0 aliphatic carbocycles. The van der Waals surface area contributed by atoms with Crippen LogP contribution in [0.25, 0.3) is 5.57 Å². The van der Waals surface area contributed by atoms with Crippen LogP contribution in [0.4, 0.5) is 11.4 Å². The SMILES string of the molecule is C/C(Nc1ccccc1)=C1/C(=O)Nc2ccccc21. The smallest absolute Gasteiger partial charge is 0.258 e. The molecule has 0 fully saturated rings. The number of carbonyl (C=O) groups excluding carboxylic acids is 1. The second-order valence-corrected chi connectivity index (χ2v) is 4.49. The van der Waals surface area contributed by atoms with E-state index in [1.54, 1.807) is 0 Å². The largest absolute Gasteiger partial charge is 0.358 e. The van der Waals surface area contributed by atoms with Gasteiger partial charge in [-0.05, 0) is 25.1 Å². The average molecular weight is 250 g/mol. The Morgan fingerprint density at radius 3 is 2.47 bits per heavy atom. The molecular weight excluding hydrogens is 236 g/mol. The maximum absolute atomic E-state index is 12.1. The summed E-state index contributed by atoms with van der Waals surface area (Å²) in [6, 6.07) is 17.6. The number of para-hydroxylation sites is 2. The zero-order valence-corrected chi connectivity index (χ0v) is 10.6. The number of hydrogen-bond acceptors (Lipinski definition) is 2. The summed E-state index contributed by atoms with van der Waals surface area (Å²) in [6.45, 7) is 1.92. The van der Waals surface area contributed by atoms with E-state index in [1.807, 2.05) is 61.5 Å². The first-order valence-corrected chi connectivity index (χ1v) is 6.19. The zero-order valence-electron chi connectivity index (χ0n) is 10.6. The molecule has 1 amide bonds. The number of rotatable bonds is 2. The van der Waals surface area contributed by atoms with E-state index in [9.17, 15) is 4.79 Å². The van der Waals surface area contributed by atoms with E-state index in [4.69, 9.17) is 0 Å². The molecule has 0 saturated carbocycles. The minimum atomic E-state index is -0.0536. The first-order valence-electron chi connectivity index (χ1n) is 6.19. The lowest BCUT2D eigenvalue weighted by atomic mass is 10.1. The predicted molar refractivity (Wildman–Crippen MR) is 77.7 cm³/mol. The van der Waals surface area contributed by atoms with Crippen LogP contribution in [0.15, 0.2) is 60.3 Å². The summed E-state index contributed by atoms with van der Waals surface area (Å²) in [5, 5.41) is 6.15. The third-order valence-electron chi connectivity index (χ3n) is 3.15. The maximum atomic E-state index is 12.1. The van der Waals surface area contributed by atoms with Gasteiger partial charge in [0.05, 0.1) is 5.57 Å². The fraction of sp³-hybridized carbons (Fsp3) is 0.0625. The van der Waals surface area contributed by atoms with Crippen LogP contribution in [-0.2, 0) is 4.79 Å². The van der Waals surface area contributed by atoms with Crippen LogP contribution in [0.3, 0.4) is 0 Å². The molecule has 3 rings (SSSR count). The topological polar surface area (TPSA) is 41.1 Å². The Labute approximate surface area is 112 Å². The molecule has 0 atom stereocenters. The van der Waals surface area contributed by atoms with Crippen molar-refractivity contribution in [3.05, 3.63) is 65.9 Å². The van der Waals surface area contributed by atoms with Gasteiger partial charge in [-0.1, -0.05) is 36.4 Å². The summed E-state index contributed by atoms with van der Waals surface area (Å²) in [5.74, 6) is -0.0536. The van der Waals surface area contributed by atoms with Crippen molar-refractivity contribution in [2.45, 2.75) is 6.92 Å². The van der Waals surface area contributed by atoms with Gasteiger partial charge in [-0.2, -0.15) is 0 Å². The molecule has 94 valence electrons. The Hall–Kier alpha value is -2.55. The predicted octanol–water partition coefficient (Wildman–Crippen LogP) is 3.48. The van der Waals surface area contributed by atoms with Crippen LogP contribution in [0, 0.1) is 0 Å². The van der Waals surface area contributed by atoms with Crippen LogP contribution in [0.2, 0.25) is 0 Å². The molecule has 0 saturated heterocycles. The summed E-state index contributed by atoms with van der Waals surface area (Å²) < 4.78 is 0. The van der Waals surface area contributed by atoms with E-state index in [-0.39, 0.29) is 5.91 Å². The quantitative estimate of drug-likeness (QED) is 0.801. The fourth-order valence-electron chi connectivity index (χ4n) is 2.29. The monoisotopic (exact) mass is 250 g/mol. The second-order valence-electron chi connectivity index (χ2n) is 4.49. The van der Waals surface area contributed by atoms with Gasteiger partial charge in [-0.3, -0.25) is 4.79 Å². The van der Waals surface area contributed by atoms with E-state index in [0.717, 1.165) is 22.6 Å². The van der Waals surface area contributed by atoms with E-state index >= 15 is 0 Å². The molecule has 1 aliphatic rings. The minimum Gasteiger partial charge on any atom is -0.358 e. The molecule has 1 aliphatic heterocycles. The van der Waals surface area contributed by atoms with Crippen molar-refractivity contribution in [3.63, 3.8) is 0 Å². The summed E-state index contributed by atoms with van der Waals surface area (Å²) >= 11 is 0. The molecule has 3 nitrogen and oxygen atoms in total.